The van der Waals surface area contributed by atoms with Crippen LogP contribution in [-0.2, 0) is 19.5 Å². The summed E-state index contributed by atoms with van der Waals surface area (Å²) < 4.78 is 0. The fourth-order valence-electron chi connectivity index (χ4n) is 2.84. The number of thioether (sulfide) groups is 1. The van der Waals surface area contributed by atoms with Crippen molar-refractivity contribution in [3.8, 4) is 0 Å². The van der Waals surface area contributed by atoms with Crippen LogP contribution in [0.2, 0.25) is 0 Å². The maximum Gasteiger partial charge on any atom is 0.318 e. The Kier molecular flexibility index (Phi) is 6.52. The molecule has 2 aromatic rings. The van der Waals surface area contributed by atoms with Crippen LogP contribution >= 0.6 is 11.8 Å². The van der Waals surface area contributed by atoms with Gasteiger partial charge in [0.15, 0.2) is 0 Å². The first-order valence-corrected chi connectivity index (χ1v) is 10.2. The molecule has 0 fully saturated rings. The molecule has 0 bridgehead atoms. The van der Waals surface area contributed by atoms with Crippen molar-refractivity contribution in [1.29, 1.82) is 0 Å². The fraction of sp³-hybridized carbons (Fsp3) is 0.421. The van der Waals surface area contributed by atoms with Crippen LogP contribution in [0.1, 0.15) is 23.7 Å². The minimum absolute atomic E-state index is 0.00684. The second kappa shape index (κ2) is 9.05. The quantitative estimate of drug-likeness (QED) is 0.659. The molecule has 7 nitrogen and oxygen atoms in total. The molecule has 0 unspecified atom stereocenters. The molecule has 27 heavy (non-hydrogen) atoms. The summed E-state index contributed by atoms with van der Waals surface area (Å²) in [5.41, 5.74) is 2.99. The average Bonchev–Trinajstić information content (AvgIpc) is 2.71. The molecule has 0 spiro atoms. The highest BCUT2D eigenvalue weighted by molar-refractivity contribution is 7.98. The summed E-state index contributed by atoms with van der Waals surface area (Å²) in [5, 5.41) is 15.2. The number of fused-ring (bicyclic) bond motifs is 1. The lowest BCUT2D eigenvalue weighted by atomic mass is 10.1. The molecule has 144 valence electrons. The minimum Gasteiger partial charge on any atom is -0.394 e. The molecule has 8 heteroatoms. The molecule has 0 saturated heterocycles. The van der Waals surface area contributed by atoms with E-state index in [1.807, 2.05) is 25.3 Å². The van der Waals surface area contributed by atoms with Crippen LogP contribution in [0.5, 0.6) is 0 Å². The van der Waals surface area contributed by atoms with Gasteiger partial charge < -0.3 is 20.6 Å². The van der Waals surface area contributed by atoms with Crippen molar-refractivity contribution >= 4 is 23.7 Å². The van der Waals surface area contributed by atoms with E-state index in [4.69, 9.17) is 5.11 Å². The number of anilines is 1. The lowest BCUT2D eigenvalue weighted by molar-refractivity contribution is 0.191. The number of aliphatic hydroxyl groups is 1. The van der Waals surface area contributed by atoms with Crippen molar-refractivity contribution in [3.05, 3.63) is 47.3 Å². The van der Waals surface area contributed by atoms with Gasteiger partial charge in [-0.15, -0.1) is 11.8 Å². The Bertz CT molecular complexity index is 784. The van der Waals surface area contributed by atoms with E-state index in [1.165, 1.54) is 4.90 Å². The van der Waals surface area contributed by atoms with E-state index in [0.717, 1.165) is 23.2 Å². The van der Waals surface area contributed by atoms with Crippen LogP contribution < -0.4 is 10.6 Å². The zero-order chi connectivity index (χ0) is 19.2. The molecule has 2 heterocycles. The third kappa shape index (κ3) is 5.11. The number of aliphatic hydroxyl groups excluding tert-OH is 1. The maximum absolute atomic E-state index is 12.5. The number of nitrogens with one attached hydrogen (secondary N) is 2. The van der Waals surface area contributed by atoms with Gasteiger partial charge >= 0.3 is 6.03 Å². The standard InChI is InChI=1S/C19H25N5O2S/c1-13(12-25)22-18-20-10-15-7-8-24(11-17(15)23-18)19(26)21-9-14-3-5-16(27-2)6-4-14/h3-6,10,13,25H,7-9,11-12H2,1-2H3,(H,21,26)(H,20,22,23)/t13-/m0/s1. The van der Waals surface area contributed by atoms with Gasteiger partial charge in [-0.2, -0.15) is 0 Å². The van der Waals surface area contributed by atoms with Gasteiger partial charge in [-0.05, 0) is 42.9 Å². The van der Waals surface area contributed by atoms with Crippen LogP contribution in [-0.4, -0.2) is 51.5 Å². The second-order valence-electron chi connectivity index (χ2n) is 6.57. The van der Waals surface area contributed by atoms with Crippen LogP contribution in [0.4, 0.5) is 10.7 Å². The van der Waals surface area contributed by atoms with Gasteiger partial charge in [0.2, 0.25) is 5.95 Å². The Morgan fingerprint density at radius 1 is 1.37 bits per heavy atom. The van der Waals surface area contributed by atoms with Crippen molar-refractivity contribution in [2.75, 3.05) is 24.7 Å². The largest absolute Gasteiger partial charge is 0.394 e. The molecule has 2 amide bonds. The number of benzene rings is 1. The highest BCUT2D eigenvalue weighted by Gasteiger charge is 2.22. The summed E-state index contributed by atoms with van der Waals surface area (Å²) in [7, 11) is 0. The van der Waals surface area contributed by atoms with Gasteiger partial charge in [0.25, 0.3) is 0 Å². The highest BCUT2D eigenvalue weighted by atomic mass is 32.2. The summed E-state index contributed by atoms with van der Waals surface area (Å²) in [6, 6.07) is 7.97. The molecule has 1 aromatic carbocycles. The number of aromatic nitrogens is 2. The van der Waals surface area contributed by atoms with E-state index >= 15 is 0 Å². The number of hydrogen-bond donors (Lipinski definition) is 3. The monoisotopic (exact) mass is 387 g/mol. The average molecular weight is 388 g/mol. The Balaban J connectivity index is 1.58. The van der Waals surface area contributed by atoms with Crippen molar-refractivity contribution in [2.45, 2.75) is 37.4 Å². The number of carbonyl (C=O) groups is 1. The van der Waals surface area contributed by atoms with Crippen LogP contribution in [0.15, 0.2) is 35.4 Å². The molecule has 3 N–H and O–H groups in total. The molecule has 1 aliphatic heterocycles. The van der Waals surface area contributed by atoms with Gasteiger partial charge in [0.05, 0.1) is 18.8 Å². The number of carbonyl (C=O) groups excluding carboxylic acids is 1. The first-order chi connectivity index (χ1) is 13.1. The molecule has 1 aromatic heterocycles. The molecule has 1 aliphatic rings. The normalized spacial score (nSPS) is 14.4. The Labute approximate surface area is 163 Å². The number of nitrogens with zero attached hydrogens (tertiary/aromatic N) is 3. The van der Waals surface area contributed by atoms with E-state index < -0.39 is 0 Å². The Hall–Kier alpha value is -2.32. The fourth-order valence-corrected chi connectivity index (χ4v) is 3.25. The van der Waals surface area contributed by atoms with Crippen LogP contribution in [0.25, 0.3) is 0 Å². The van der Waals surface area contributed by atoms with Crippen molar-refractivity contribution < 1.29 is 9.90 Å². The number of urea groups is 1. The van der Waals surface area contributed by atoms with Crippen molar-refractivity contribution in [3.63, 3.8) is 0 Å². The summed E-state index contributed by atoms with van der Waals surface area (Å²) in [6.45, 7) is 3.47. The third-order valence-electron chi connectivity index (χ3n) is 4.49. The molecule has 1 atom stereocenters. The highest BCUT2D eigenvalue weighted by Crippen LogP contribution is 2.18. The Morgan fingerprint density at radius 3 is 2.85 bits per heavy atom. The van der Waals surface area contributed by atoms with E-state index in [9.17, 15) is 4.79 Å². The van der Waals surface area contributed by atoms with E-state index in [2.05, 4.69) is 32.7 Å². The zero-order valence-electron chi connectivity index (χ0n) is 15.6. The van der Waals surface area contributed by atoms with Crippen LogP contribution in [0.3, 0.4) is 0 Å². The molecular formula is C19H25N5O2S. The summed E-state index contributed by atoms with van der Waals surface area (Å²) in [6.07, 6.45) is 4.58. The SMILES string of the molecule is CSc1ccc(CNC(=O)N2CCc3cnc(N[C@@H](C)CO)nc3C2)cc1. The van der Waals surface area contributed by atoms with Crippen LogP contribution in [0, 0.1) is 0 Å². The van der Waals surface area contributed by atoms with Gasteiger partial charge in [0, 0.05) is 30.2 Å². The molecule has 0 saturated carbocycles. The number of amides is 2. The summed E-state index contributed by atoms with van der Waals surface area (Å²) >= 11 is 1.70. The smallest absolute Gasteiger partial charge is 0.318 e. The predicted molar refractivity (Wildman–Crippen MR) is 107 cm³/mol. The van der Waals surface area contributed by atoms with E-state index in [1.54, 1.807) is 22.9 Å². The van der Waals surface area contributed by atoms with Crippen molar-refractivity contribution in [1.82, 2.24) is 20.2 Å². The Morgan fingerprint density at radius 2 is 2.15 bits per heavy atom. The minimum atomic E-state index is -0.122. The predicted octanol–water partition coefficient (Wildman–Crippen LogP) is 2.26. The van der Waals surface area contributed by atoms with E-state index in [-0.39, 0.29) is 18.7 Å². The topological polar surface area (TPSA) is 90.4 Å². The molecule has 3 rings (SSSR count). The molecule has 0 radical (unpaired) electrons. The van der Waals surface area contributed by atoms with Crippen molar-refractivity contribution in [2.24, 2.45) is 0 Å². The van der Waals surface area contributed by atoms with Gasteiger partial charge in [-0.1, -0.05) is 12.1 Å². The first-order valence-electron chi connectivity index (χ1n) is 8.97. The summed E-state index contributed by atoms with van der Waals surface area (Å²) in [4.78, 5) is 24.3. The molecule has 0 aliphatic carbocycles. The number of hydrogen-bond acceptors (Lipinski definition) is 6. The molecular weight excluding hydrogens is 362 g/mol. The summed E-state index contributed by atoms with van der Waals surface area (Å²) in [5.74, 6) is 0.478. The van der Waals surface area contributed by atoms with E-state index in [0.29, 0.717) is 25.6 Å². The zero-order valence-corrected chi connectivity index (χ0v) is 16.4. The third-order valence-corrected chi connectivity index (χ3v) is 5.23. The number of rotatable bonds is 6. The second-order valence-corrected chi connectivity index (χ2v) is 7.45. The van der Waals surface area contributed by atoms with Gasteiger partial charge in [-0.3, -0.25) is 0 Å². The van der Waals surface area contributed by atoms with Gasteiger partial charge in [-0.25, -0.2) is 14.8 Å². The maximum atomic E-state index is 12.5. The first kappa shape index (κ1) is 19.4. The lowest BCUT2D eigenvalue weighted by Gasteiger charge is -2.28. The lowest BCUT2D eigenvalue weighted by Crippen LogP contribution is -2.42. The van der Waals surface area contributed by atoms with Gasteiger partial charge in [0.1, 0.15) is 0 Å².